The van der Waals surface area contributed by atoms with E-state index in [1.54, 1.807) is 7.11 Å². The fourth-order valence-corrected chi connectivity index (χ4v) is 3.12. The van der Waals surface area contributed by atoms with Gasteiger partial charge in [-0.15, -0.1) is 0 Å². The van der Waals surface area contributed by atoms with Gasteiger partial charge in [-0.05, 0) is 26.2 Å². The molecule has 1 rings (SSSR count). The zero-order valence-corrected chi connectivity index (χ0v) is 12.6. The number of carbonyl (C=O) groups is 1. The Morgan fingerprint density at radius 3 is 2.53 bits per heavy atom. The van der Waals surface area contributed by atoms with Gasteiger partial charge in [-0.1, -0.05) is 13.8 Å². The van der Waals surface area contributed by atoms with Crippen molar-refractivity contribution in [2.24, 2.45) is 11.1 Å². The first-order valence-corrected chi connectivity index (χ1v) is 7.22. The number of hydrogen-bond acceptors (Lipinski definition) is 4. The van der Waals surface area contributed by atoms with Crippen molar-refractivity contribution in [2.45, 2.75) is 58.2 Å². The molecule has 3 unspecified atom stereocenters. The van der Waals surface area contributed by atoms with Crippen LogP contribution in [0.1, 0.15) is 40.0 Å². The van der Waals surface area contributed by atoms with Crippen LogP contribution in [0.3, 0.4) is 0 Å². The van der Waals surface area contributed by atoms with Gasteiger partial charge >= 0.3 is 0 Å². The molecule has 5 nitrogen and oxygen atoms in total. The Bertz CT molecular complexity index is 292. The lowest BCUT2D eigenvalue weighted by molar-refractivity contribution is -0.149. The number of hydrogen-bond donors (Lipinski definition) is 2. The van der Waals surface area contributed by atoms with Crippen molar-refractivity contribution in [1.29, 1.82) is 0 Å². The van der Waals surface area contributed by atoms with Gasteiger partial charge in [0.2, 0.25) is 5.91 Å². The second-order valence-electron chi connectivity index (χ2n) is 5.24. The average molecular weight is 272 g/mol. The molecular formula is C14H28N2O3. The van der Waals surface area contributed by atoms with E-state index in [4.69, 9.17) is 15.2 Å². The van der Waals surface area contributed by atoms with Gasteiger partial charge in [-0.25, -0.2) is 0 Å². The van der Waals surface area contributed by atoms with Crippen LogP contribution in [0.4, 0.5) is 0 Å². The number of nitrogens with one attached hydrogen (secondary N) is 1. The summed E-state index contributed by atoms with van der Waals surface area (Å²) in [6, 6.07) is -0.433. The number of carbonyl (C=O) groups excluding carboxylic acids is 1. The zero-order chi connectivity index (χ0) is 14.5. The van der Waals surface area contributed by atoms with Crippen molar-refractivity contribution in [3.8, 4) is 0 Å². The summed E-state index contributed by atoms with van der Waals surface area (Å²) < 4.78 is 10.7. The van der Waals surface area contributed by atoms with E-state index in [1.807, 2.05) is 6.92 Å². The van der Waals surface area contributed by atoms with Crippen molar-refractivity contribution < 1.29 is 14.3 Å². The van der Waals surface area contributed by atoms with Crippen molar-refractivity contribution in [1.82, 2.24) is 5.32 Å². The van der Waals surface area contributed by atoms with Crippen molar-refractivity contribution in [2.75, 3.05) is 20.3 Å². The predicted octanol–water partition coefficient (Wildman–Crippen LogP) is 1.06. The Morgan fingerprint density at radius 1 is 1.42 bits per heavy atom. The van der Waals surface area contributed by atoms with E-state index in [0.29, 0.717) is 0 Å². The zero-order valence-electron chi connectivity index (χ0n) is 12.6. The molecule has 0 aromatic heterocycles. The van der Waals surface area contributed by atoms with E-state index < -0.39 is 6.04 Å². The molecule has 3 N–H and O–H groups in total. The molecule has 0 aromatic rings. The van der Waals surface area contributed by atoms with Gasteiger partial charge in [0.1, 0.15) is 6.04 Å². The van der Waals surface area contributed by atoms with Crippen LogP contribution in [-0.2, 0) is 14.3 Å². The molecular weight excluding hydrogens is 244 g/mol. The highest BCUT2D eigenvalue weighted by atomic mass is 16.5. The number of amides is 1. The second kappa shape index (κ2) is 7.22. The molecule has 0 radical (unpaired) electrons. The lowest BCUT2D eigenvalue weighted by atomic mass is 9.58. The van der Waals surface area contributed by atoms with Crippen LogP contribution >= 0.6 is 0 Å². The van der Waals surface area contributed by atoms with E-state index in [1.165, 1.54) is 0 Å². The third kappa shape index (κ3) is 3.27. The van der Waals surface area contributed by atoms with Gasteiger partial charge in [0.15, 0.2) is 0 Å². The predicted molar refractivity (Wildman–Crippen MR) is 74.8 cm³/mol. The summed E-state index contributed by atoms with van der Waals surface area (Å²) in [5, 5.41) is 3.06. The highest BCUT2D eigenvalue weighted by molar-refractivity contribution is 5.82. The molecule has 112 valence electrons. The summed E-state index contributed by atoms with van der Waals surface area (Å²) in [5.41, 5.74) is 5.81. The Labute approximate surface area is 116 Å². The van der Waals surface area contributed by atoms with Gasteiger partial charge < -0.3 is 20.5 Å². The third-order valence-corrected chi connectivity index (χ3v) is 4.47. The maximum absolute atomic E-state index is 12.0. The minimum atomic E-state index is -0.595. The van der Waals surface area contributed by atoms with Crippen molar-refractivity contribution in [3.63, 3.8) is 0 Å². The van der Waals surface area contributed by atoms with Crippen molar-refractivity contribution in [3.05, 3.63) is 0 Å². The first-order chi connectivity index (χ1) is 9.05. The van der Waals surface area contributed by atoms with Crippen LogP contribution in [-0.4, -0.2) is 44.4 Å². The molecule has 0 aromatic carbocycles. The monoisotopic (exact) mass is 272 g/mol. The number of ether oxygens (including phenoxy) is 2. The summed E-state index contributed by atoms with van der Waals surface area (Å²) in [7, 11) is 1.55. The lowest BCUT2D eigenvalue weighted by Crippen LogP contribution is -2.66. The summed E-state index contributed by atoms with van der Waals surface area (Å²) >= 11 is 0. The molecule has 0 aliphatic heterocycles. The molecule has 1 aliphatic carbocycles. The minimum Gasteiger partial charge on any atom is -0.383 e. The third-order valence-electron chi connectivity index (χ3n) is 4.47. The van der Waals surface area contributed by atoms with Crippen LogP contribution in [0.2, 0.25) is 0 Å². The van der Waals surface area contributed by atoms with Gasteiger partial charge in [-0.3, -0.25) is 4.79 Å². The fourth-order valence-electron chi connectivity index (χ4n) is 3.12. The van der Waals surface area contributed by atoms with Crippen LogP contribution in [0, 0.1) is 5.41 Å². The minimum absolute atomic E-state index is 0.0540. The van der Waals surface area contributed by atoms with Gasteiger partial charge in [0, 0.05) is 25.2 Å². The Morgan fingerprint density at radius 2 is 2.05 bits per heavy atom. The molecule has 1 aliphatic rings. The molecule has 0 bridgehead atoms. The Hall–Kier alpha value is -0.650. The van der Waals surface area contributed by atoms with E-state index >= 15 is 0 Å². The number of methoxy groups -OCH3 is 1. The summed E-state index contributed by atoms with van der Waals surface area (Å²) in [6.07, 6.45) is 3.12. The molecule has 0 heterocycles. The molecule has 1 saturated carbocycles. The van der Waals surface area contributed by atoms with E-state index in [9.17, 15) is 4.79 Å². The van der Waals surface area contributed by atoms with Crippen LogP contribution < -0.4 is 11.1 Å². The molecule has 19 heavy (non-hydrogen) atoms. The highest BCUT2D eigenvalue weighted by Gasteiger charge is 2.53. The summed E-state index contributed by atoms with van der Waals surface area (Å²) in [4.78, 5) is 12.0. The molecule has 3 atom stereocenters. The maximum Gasteiger partial charge on any atom is 0.239 e. The summed E-state index contributed by atoms with van der Waals surface area (Å²) in [6.45, 7) is 7.29. The second-order valence-corrected chi connectivity index (χ2v) is 5.24. The van der Waals surface area contributed by atoms with Gasteiger partial charge in [0.25, 0.3) is 0 Å². The average Bonchev–Trinajstić information content (AvgIpc) is 2.39. The largest absolute Gasteiger partial charge is 0.383 e. The maximum atomic E-state index is 12.0. The molecule has 1 amide bonds. The van der Waals surface area contributed by atoms with Gasteiger partial charge in [0.05, 0.1) is 12.7 Å². The SMILES string of the molecule is CCOC1CC(NC(=O)C(N)COC)C1(CC)CC. The van der Waals surface area contributed by atoms with E-state index in [0.717, 1.165) is 25.9 Å². The smallest absolute Gasteiger partial charge is 0.239 e. The van der Waals surface area contributed by atoms with Crippen LogP contribution in [0.25, 0.3) is 0 Å². The Balaban J connectivity index is 2.61. The van der Waals surface area contributed by atoms with E-state index in [-0.39, 0.29) is 30.1 Å². The lowest BCUT2D eigenvalue weighted by Gasteiger charge is -2.55. The van der Waals surface area contributed by atoms with E-state index in [2.05, 4.69) is 19.2 Å². The summed E-state index contributed by atoms with van der Waals surface area (Å²) in [5.74, 6) is -0.131. The highest BCUT2D eigenvalue weighted by Crippen LogP contribution is 2.48. The molecule has 5 heteroatoms. The van der Waals surface area contributed by atoms with Gasteiger partial charge in [-0.2, -0.15) is 0 Å². The van der Waals surface area contributed by atoms with Crippen LogP contribution in [0.15, 0.2) is 0 Å². The number of rotatable bonds is 8. The quantitative estimate of drug-likeness (QED) is 0.693. The topological polar surface area (TPSA) is 73.6 Å². The van der Waals surface area contributed by atoms with Crippen LogP contribution in [0.5, 0.6) is 0 Å². The first-order valence-electron chi connectivity index (χ1n) is 7.22. The normalized spacial score (nSPS) is 26.6. The first kappa shape index (κ1) is 16.4. The fraction of sp³-hybridized carbons (Fsp3) is 0.929. The standard InChI is InChI=1S/C14H28N2O3/c1-5-14(6-2)11(8-12(14)19-7-3)16-13(17)10(15)9-18-4/h10-12H,5-9,15H2,1-4H3,(H,16,17). The molecule has 0 spiro atoms. The Kier molecular flexibility index (Phi) is 6.23. The van der Waals surface area contributed by atoms with Crippen molar-refractivity contribution >= 4 is 5.91 Å². The number of nitrogens with two attached hydrogens (primary N) is 1. The molecule has 0 saturated heterocycles. The molecule has 1 fully saturated rings.